The standard InChI is InChI=1S/C21H21NO/c1-3-9-18(10-4-1)17-22-15-16-23-21-14-8-7-13-20(21)19-11-5-2-6-12-19/h1-14,22H,15-17H2. The lowest BCUT2D eigenvalue weighted by molar-refractivity contribution is 0.315. The van der Waals surface area contributed by atoms with Gasteiger partial charge in [-0.25, -0.2) is 0 Å². The lowest BCUT2D eigenvalue weighted by Gasteiger charge is -2.12. The van der Waals surface area contributed by atoms with E-state index < -0.39 is 0 Å². The molecule has 0 aliphatic rings. The largest absolute Gasteiger partial charge is 0.492 e. The van der Waals surface area contributed by atoms with Crippen LogP contribution in [-0.4, -0.2) is 13.2 Å². The van der Waals surface area contributed by atoms with Gasteiger partial charge in [0.2, 0.25) is 0 Å². The Bertz CT molecular complexity index is 710. The summed E-state index contributed by atoms with van der Waals surface area (Å²) >= 11 is 0. The van der Waals surface area contributed by atoms with E-state index in [2.05, 4.69) is 47.8 Å². The Kier molecular flexibility index (Phi) is 5.43. The van der Waals surface area contributed by atoms with Crippen molar-refractivity contribution in [2.45, 2.75) is 6.54 Å². The summed E-state index contributed by atoms with van der Waals surface area (Å²) < 4.78 is 5.97. The summed E-state index contributed by atoms with van der Waals surface area (Å²) in [5.41, 5.74) is 3.61. The van der Waals surface area contributed by atoms with E-state index >= 15 is 0 Å². The number of nitrogens with one attached hydrogen (secondary N) is 1. The van der Waals surface area contributed by atoms with E-state index in [1.165, 1.54) is 11.1 Å². The molecular weight excluding hydrogens is 282 g/mol. The third-order valence-electron chi connectivity index (χ3n) is 3.68. The highest BCUT2D eigenvalue weighted by Gasteiger charge is 2.04. The van der Waals surface area contributed by atoms with Crippen LogP contribution in [0.1, 0.15) is 5.56 Å². The molecule has 0 aromatic heterocycles. The van der Waals surface area contributed by atoms with Crippen LogP contribution in [0.4, 0.5) is 0 Å². The van der Waals surface area contributed by atoms with E-state index in [1.807, 2.05) is 42.5 Å². The van der Waals surface area contributed by atoms with Crippen molar-refractivity contribution in [3.05, 3.63) is 90.5 Å². The topological polar surface area (TPSA) is 21.3 Å². The predicted octanol–water partition coefficient (Wildman–Crippen LogP) is 4.52. The van der Waals surface area contributed by atoms with Crippen molar-refractivity contribution >= 4 is 0 Å². The number of ether oxygens (including phenoxy) is 1. The van der Waals surface area contributed by atoms with E-state index in [-0.39, 0.29) is 0 Å². The first-order valence-electron chi connectivity index (χ1n) is 7.95. The summed E-state index contributed by atoms with van der Waals surface area (Å²) in [7, 11) is 0. The van der Waals surface area contributed by atoms with Crippen LogP contribution < -0.4 is 10.1 Å². The minimum atomic E-state index is 0.649. The second-order valence-electron chi connectivity index (χ2n) is 5.37. The Labute approximate surface area is 137 Å². The van der Waals surface area contributed by atoms with Gasteiger partial charge in [0.1, 0.15) is 12.4 Å². The van der Waals surface area contributed by atoms with Gasteiger partial charge in [-0.05, 0) is 17.2 Å². The molecule has 2 nitrogen and oxygen atoms in total. The van der Waals surface area contributed by atoms with E-state index in [9.17, 15) is 0 Å². The zero-order valence-electron chi connectivity index (χ0n) is 13.1. The molecule has 0 fully saturated rings. The molecule has 0 unspecified atom stereocenters. The number of benzene rings is 3. The van der Waals surface area contributed by atoms with E-state index in [4.69, 9.17) is 4.74 Å². The molecule has 0 amide bonds. The number of para-hydroxylation sites is 1. The van der Waals surface area contributed by atoms with Crippen LogP contribution in [0.5, 0.6) is 5.75 Å². The molecule has 2 heteroatoms. The molecule has 0 atom stereocenters. The summed E-state index contributed by atoms with van der Waals surface area (Å²) in [5, 5.41) is 3.41. The highest BCUT2D eigenvalue weighted by molar-refractivity contribution is 5.70. The fourth-order valence-electron chi connectivity index (χ4n) is 2.51. The average molecular weight is 303 g/mol. The molecule has 23 heavy (non-hydrogen) atoms. The van der Waals surface area contributed by atoms with Gasteiger partial charge in [-0.2, -0.15) is 0 Å². The molecule has 0 saturated heterocycles. The Balaban J connectivity index is 1.53. The van der Waals surface area contributed by atoms with Gasteiger partial charge in [-0.15, -0.1) is 0 Å². The summed E-state index contributed by atoms with van der Waals surface area (Å²) in [4.78, 5) is 0. The monoisotopic (exact) mass is 303 g/mol. The van der Waals surface area contributed by atoms with Crippen molar-refractivity contribution in [3.63, 3.8) is 0 Å². The van der Waals surface area contributed by atoms with E-state index in [0.717, 1.165) is 24.4 Å². The van der Waals surface area contributed by atoms with Gasteiger partial charge in [-0.3, -0.25) is 0 Å². The minimum absolute atomic E-state index is 0.649. The van der Waals surface area contributed by atoms with Crippen molar-refractivity contribution in [2.24, 2.45) is 0 Å². The van der Waals surface area contributed by atoms with Crippen LogP contribution in [-0.2, 0) is 6.54 Å². The fourth-order valence-corrected chi connectivity index (χ4v) is 2.51. The van der Waals surface area contributed by atoms with Gasteiger partial charge in [-0.1, -0.05) is 78.9 Å². The maximum absolute atomic E-state index is 5.97. The highest BCUT2D eigenvalue weighted by atomic mass is 16.5. The fraction of sp³-hybridized carbons (Fsp3) is 0.143. The van der Waals surface area contributed by atoms with Gasteiger partial charge >= 0.3 is 0 Å². The molecule has 0 spiro atoms. The van der Waals surface area contributed by atoms with E-state index in [0.29, 0.717) is 6.61 Å². The third kappa shape index (κ3) is 4.44. The highest BCUT2D eigenvalue weighted by Crippen LogP contribution is 2.29. The molecule has 0 radical (unpaired) electrons. The first-order valence-corrected chi connectivity index (χ1v) is 7.95. The summed E-state index contributed by atoms with van der Waals surface area (Å²) in [5.74, 6) is 0.931. The molecule has 1 N–H and O–H groups in total. The zero-order valence-corrected chi connectivity index (χ0v) is 13.1. The predicted molar refractivity (Wildman–Crippen MR) is 95.5 cm³/mol. The van der Waals surface area contributed by atoms with Crippen molar-refractivity contribution in [1.82, 2.24) is 5.32 Å². The van der Waals surface area contributed by atoms with Gasteiger partial charge in [0.15, 0.2) is 0 Å². The van der Waals surface area contributed by atoms with Crippen LogP contribution in [0.25, 0.3) is 11.1 Å². The molecule has 0 aliphatic carbocycles. The quantitative estimate of drug-likeness (QED) is 0.648. The second-order valence-corrected chi connectivity index (χ2v) is 5.37. The third-order valence-corrected chi connectivity index (χ3v) is 3.68. The molecule has 0 heterocycles. The van der Waals surface area contributed by atoms with Gasteiger partial charge in [0, 0.05) is 18.7 Å². The van der Waals surface area contributed by atoms with Crippen LogP contribution in [0.3, 0.4) is 0 Å². The normalized spacial score (nSPS) is 10.4. The Hall–Kier alpha value is -2.58. The van der Waals surface area contributed by atoms with Gasteiger partial charge in [0.05, 0.1) is 0 Å². The Morgan fingerprint density at radius 2 is 1.35 bits per heavy atom. The van der Waals surface area contributed by atoms with Crippen molar-refractivity contribution < 1.29 is 4.74 Å². The minimum Gasteiger partial charge on any atom is -0.492 e. The maximum Gasteiger partial charge on any atom is 0.127 e. The van der Waals surface area contributed by atoms with Gasteiger partial charge in [0.25, 0.3) is 0 Å². The summed E-state index contributed by atoms with van der Waals surface area (Å²) in [6, 6.07) is 28.9. The summed E-state index contributed by atoms with van der Waals surface area (Å²) in [6.07, 6.45) is 0. The molecular formula is C21H21NO. The zero-order chi connectivity index (χ0) is 15.7. The van der Waals surface area contributed by atoms with Crippen molar-refractivity contribution in [2.75, 3.05) is 13.2 Å². The molecule has 3 aromatic rings. The van der Waals surface area contributed by atoms with Crippen LogP contribution >= 0.6 is 0 Å². The van der Waals surface area contributed by atoms with Crippen LogP contribution in [0.2, 0.25) is 0 Å². The average Bonchev–Trinajstić information content (AvgIpc) is 2.63. The van der Waals surface area contributed by atoms with Gasteiger partial charge < -0.3 is 10.1 Å². The molecule has 3 aromatic carbocycles. The molecule has 3 rings (SSSR count). The SMILES string of the molecule is c1ccc(CNCCOc2ccccc2-c2ccccc2)cc1. The molecule has 0 aliphatic heterocycles. The molecule has 0 saturated carbocycles. The number of hydrogen-bond donors (Lipinski definition) is 1. The van der Waals surface area contributed by atoms with Crippen LogP contribution in [0.15, 0.2) is 84.9 Å². The Morgan fingerprint density at radius 3 is 2.13 bits per heavy atom. The maximum atomic E-state index is 5.97. The van der Waals surface area contributed by atoms with E-state index in [1.54, 1.807) is 0 Å². The lowest BCUT2D eigenvalue weighted by atomic mass is 10.1. The smallest absolute Gasteiger partial charge is 0.127 e. The van der Waals surface area contributed by atoms with Crippen molar-refractivity contribution in [3.8, 4) is 16.9 Å². The number of rotatable bonds is 7. The first kappa shape index (κ1) is 15.3. The van der Waals surface area contributed by atoms with Crippen molar-refractivity contribution in [1.29, 1.82) is 0 Å². The van der Waals surface area contributed by atoms with Crippen LogP contribution in [0, 0.1) is 0 Å². The second kappa shape index (κ2) is 8.16. The first-order chi connectivity index (χ1) is 11.4. The summed E-state index contributed by atoms with van der Waals surface area (Å²) in [6.45, 7) is 2.33. The number of hydrogen-bond acceptors (Lipinski definition) is 2. The Morgan fingerprint density at radius 1 is 0.696 bits per heavy atom. The lowest BCUT2D eigenvalue weighted by Crippen LogP contribution is -2.20. The molecule has 0 bridgehead atoms. The molecule has 116 valence electrons.